The van der Waals surface area contributed by atoms with E-state index in [9.17, 15) is 19.7 Å². The Morgan fingerprint density at radius 1 is 1.37 bits per heavy atom. The van der Waals surface area contributed by atoms with Crippen molar-refractivity contribution in [3.05, 3.63) is 60.5 Å². The van der Waals surface area contributed by atoms with Crippen LogP contribution in [0.4, 0.5) is 11.4 Å². The van der Waals surface area contributed by atoms with Crippen molar-refractivity contribution in [3.8, 4) is 0 Å². The van der Waals surface area contributed by atoms with Crippen molar-refractivity contribution in [3.63, 3.8) is 0 Å². The summed E-state index contributed by atoms with van der Waals surface area (Å²) in [6, 6.07) is 4.31. The highest BCUT2D eigenvalue weighted by molar-refractivity contribution is 7.18. The Bertz CT molecular complexity index is 1230. The summed E-state index contributed by atoms with van der Waals surface area (Å²) in [5.74, 6) is 0.187. The molecule has 1 amide bonds. The molecule has 0 spiro atoms. The maximum absolute atomic E-state index is 13.3. The zero-order valence-electron chi connectivity index (χ0n) is 16.9. The van der Waals surface area contributed by atoms with E-state index >= 15 is 0 Å². The summed E-state index contributed by atoms with van der Waals surface area (Å²) in [4.78, 5) is 43.3. The molecule has 4 rings (SSSR count). The Kier molecular flexibility index (Phi) is 5.38. The molecule has 9 heteroatoms. The van der Waals surface area contributed by atoms with E-state index in [2.05, 4.69) is 5.32 Å². The number of non-ortho nitro benzene ring substituents is 1. The Morgan fingerprint density at radius 3 is 2.90 bits per heavy atom. The molecule has 1 aromatic carbocycles. The second kappa shape index (κ2) is 7.98. The molecule has 1 N–H and O–H groups in total. The van der Waals surface area contributed by atoms with Crippen LogP contribution in [0.15, 0.2) is 23.0 Å². The van der Waals surface area contributed by atoms with Gasteiger partial charge in [0.05, 0.1) is 16.0 Å². The number of aromatic nitrogens is 2. The first kappa shape index (κ1) is 20.2. The normalized spacial score (nSPS) is 12.9. The van der Waals surface area contributed by atoms with Gasteiger partial charge in [0.1, 0.15) is 17.2 Å². The number of carbonyl (C=O) groups is 1. The summed E-state index contributed by atoms with van der Waals surface area (Å²) in [5, 5.41) is 14.4. The number of rotatable bonds is 6. The van der Waals surface area contributed by atoms with Crippen molar-refractivity contribution in [2.24, 2.45) is 0 Å². The van der Waals surface area contributed by atoms with E-state index in [0.717, 1.165) is 36.1 Å². The Balaban J connectivity index is 1.69. The van der Waals surface area contributed by atoms with Crippen LogP contribution in [0.2, 0.25) is 0 Å². The van der Waals surface area contributed by atoms with Gasteiger partial charge in [-0.2, -0.15) is 0 Å². The first-order valence-electron chi connectivity index (χ1n) is 9.98. The molecule has 0 atom stereocenters. The van der Waals surface area contributed by atoms with Crippen molar-refractivity contribution in [2.75, 3.05) is 5.32 Å². The average Bonchev–Trinajstić information content (AvgIpc) is 3.27. The third-order valence-corrected chi connectivity index (χ3v) is 6.57. The molecule has 0 radical (unpaired) electrons. The second-order valence-electron chi connectivity index (χ2n) is 7.51. The van der Waals surface area contributed by atoms with Gasteiger partial charge in [0.2, 0.25) is 5.91 Å². The Hall–Kier alpha value is -3.07. The number of nitro benzene ring substituents is 1. The first-order chi connectivity index (χ1) is 14.4. The molecule has 0 bridgehead atoms. The lowest BCUT2D eigenvalue weighted by Gasteiger charge is -2.13. The predicted octanol–water partition coefficient (Wildman–Crippen LogP) is 3.75. The molecular weight excluding hydrogens is 404 g/mol. The molecule has 0 unspecified atom stereocenters. The summed E-state index contributed by atoms with van der Waals surface area (Å²) in [6.07, 6.45) is 4.29. The fraction of sp³-hybridized carbons (Fsp3) is 0.381. The lowest BCUT2D eigenvalue weighted by Crippen LogP contribution is -2.31. The fourth-order valence-corrected chi connectivity index (χ4v) is 5.16. The van der Waals surface area contributed by atoms with Gasteiger partial charge in [0.15, 0.2) is 0 Å². The molecule has 2 aromatic heterocycles. The largest absolute Gasteiger partial charge is 0.324 e. The van der Waals surface area contributed by atoms with Crippen LogP contribution in [-0.4, -0.2) is 20.4 Å². The minimum absolute atomic E-state index is 0.100. The van der Waals surface area contributed by atoms with E-state index in [-0.39, 0.29) is 17.8 Å². The highest BCUT2D eigenvalue weighted by Gasteiger charge is 2.24. The van der Waals surface area contributed by atoms with Gasteiger partial charge < -0.3 is 5.32 Å². The van der Waals surface area contributed by atoms with Gasteiger partial charge in [-0.05, 0) is 43.7 Å². The molecule has 8 nitrogen and oxygen atoms in total. The van der Waals surface area contributed by atoms with Crippen molar-refractivity contribution < 1.29 is 9.72 Å². The Morgan fingerprint density at radius 2 is 2.17 bits per heavy atom. The lowest BCUT2D eigenvalue weighted by atomic mass is 10.1. The van der Waals surface area contributed by atoms with Crippen LogP contribution >= 0.6 is 11.3 Å². The van der Waals surface area contributed by atoms with Gasteiger partial charge in [-0.1, -0.05) is 13.0 Å². The fourth-order valence-electron chi connectivity index (χ4n) is 3.89. The summed E-state index contributed by atoms with van der Waals surface area (Å²) >= 11 is 1.59. The lowest BCUT2D eigenvalue weighted by molar-refractivity contribution is -0.384. The van der Waals surface area contributed by atoms with Crippen LogP contribution in [0.1, 0.15) is 41.6 Å². The number of aryl methyl sites for hydroxylation is 4. The molecule has 1 aliphatic carbocycles. The Labute approximate surface area is 176 Å². The van der Waals surface area contributed by atoms with Crippen molar-refractivity contribution >= 4 is 38.8 Å². The number of hydrogen-bond donors (Lipinski definition) is 1. The predicted molar refractivity (Wildman–Crippen MR) is 116 cm³/mol. The minimum atomic E-state index is -0.506. The van der Waals surface area contributed by atoms with E-state index in [1.54, 1.807) is 24.3 Å². The first-order valence-corrected chi connectivity index (χ1v) is 10.8. The highest BCUT2D eigenvalue weighted by atomic mass is 32.1. The second-order valence-corrected chi connectivity index (χ2v) is 8.59. The number of fused-ring (bicyclic) bond motifs is 3. The molecule has 30 heavy (non-hydrogen) atoms. The maximum Gasteiger partial charge on any atom is 0.271 e. The zero-order valence-corrected chi connectivity index (χ0v) is 17.7. The average molecular weight is 426 g/mol. The molecule has 3 aromatic rings. The number of benzene rings is 1. The molecule has 0 saturated heterocycles. The van der Waals surface area contributed by atoms with Crippen LogP contribution in [0.5, 0.6) is 0 Å². The van der Waals surface area contributed by atoms with Gasteiger partial charge >= 0.3 is 0 Å². The smallest absolute Gasteiger partial charge is 0.271 e. The summed E-state index contributed by atoms with van der Waals surface area (Å²) in [6.45, 7) is 3.59. The monoisotopic (exact) mass is 426 g/mol. The molecule has 1 aliphatic rings. The summed E-state index contributed by atoms with van der Waals surface area (Å²) < 4.78 is 1.46. The highest BCUT2D eigenvalue weighted by Crippen LogP contribution is 2.34. The molecular formula is C21H22N4O4S. The number of nitrogens with one attached hydrogen (secondary N) is 1. The molecule has 0 aliphatic heterocycles. The summed E-state index contributed by atoms with van der Waals surface area (Å²) in [7, 11) is 0. The number of nitrogens with zero attached hydrogens (tertiary/aromatic N) is 3. The SMILES string of the molecule is CCCc1nc2sc3c(c2c(=O)n1CC(=O)Nc1cc([N+](=O)[O-])ccc1C)CCC3. The van der Waals surface area contributed by atoms with E-state index in [1.807, 2.05) is 6.92 Å². The van der Waals surface area contributed by atoms with E-state index in [0.29, 0.717) is 28.9 Å². The van der Waals surface area contributed by atoms with Crippen LogP contribution in [-0.2, 0) is 30.6 Å². The zero-order chi connectivity index (χ0) is 21.4. The standard InChI is InChI=1S/C21H22N4O4S/c1-3-5-17-23-20-19(14-6-4-7-16(14)30-20)21(27)24(17)11-18(26)22-15-10-13(25(28)29)9-8-12(15)2/h8-10H,3-7,11H2,1-2H3,(H,22,26). The topological polar surface area (TPSA) is 107 Å². The molecule has 156 valence electrons. The van der Waals surface area contributed by atoms with Gasteiger partial charge in [0.25, 0.3) is 11.2 Å². The van der Waals surface area contributed by atoms with E-state index < -0.39 is 10.8 Å². The third-order valence-electron chi connectivity index (χ3n) is 5.39. The van der Waals surface area contributed by atoms with E-state index in [1.165, 1.54) is 21.6 Å². The maximum atomic E-state index is 13.3. The number of hydrogen-bond acceptors (Lipinski definition) is 6. The van der Waals surface area contributed by atoms with Gasteiger partial charge in [-0.15, -0.1) is 11.3 Å². The van der Waals surface area contributed by atoms with Crippen molar-refractivity contribution in [2.45, 2.75) is 52.5 Å². The minimum Gasteiger partial charge on any atom is -0.324 e. The van der Waals surface area contributed by atoms with Crippen LogP contribution < -0.4 is 10.9 Å². The quantitative estimate of drug-likeness (QED) is 0.477. The third kappa shape index (κ3) is 3.60. The van der Waals surface area contributed by atoms with Crippen molar-refractivity contribution in [1.29, 1.82) is 0 Å². The number of amides is 1. The number of carbonyl (C=O) groups excluding carboxylic acids is 1. The number of anilines is 1. The van der Waals surface area contributed by atoms with Gasteiger partial charge in [0, 0.05) is 23.4 Å². The summed E-state index contributed by atoms with van der Waals surface area (Å²) in [5.41, 5.74) is 1.88. The number of thiophene rings is 1. The van der Waals surface area contributed by atoms with Gasteiger partial charge in [-0.3, -0.25) is 24.3 Å². The van der Waals surface area contributed by atoms with Gasteiger partial charge in [-0.25, -0.2) is 4.98 Å². The molecule has 0 fully saturated rings. The number of nitro groups is 1. The van der Waals surface area contributed by atoms with Crippen LogP contribution in [0, 0.1) is 17.0 Å². The van der Waals surface area contributed by atoms with Crippen LogP contribution in [0.3, 0.4) is 0 Å². The molecule has 0 saturated carbocycles. The van der Waals surface area contributed by atoms with Crippen LogP contribution in [0.25, 0.3) is 10.2 Å². The van der Waals surface area contributed by atoms with Crippen molar-refractivity contribution in [1.82, 2.24) is 9.55 Å². The molecule has 2 heterocycles. The van der Waals surface area contributed by atoms with E-state index in [4.69, 9.17) is 4.98 Å².